The second-order valence-electron chi connectivity index (χ2n) is 5.40. The Morgan fingerprint density at radius 2 is 2.04 bits per heavy atom. The Morgan fingerprint density at radius 1 is 1.35 bits per heavy atom. The van der Waals surface area contributed by atoms with E-state index in [1.807, 2.05) is 30.3 Å². The molecule has 1 amide bonds. The van der Waals surface area contributed by atoms with Crippen LogP contribution in [0.15, 0.2) is 34.7 Å². The van der Waals surface area contributed by atoms with E-state index in [4.69, 9.17) is 14.3 Å². The predicted octanol–water partition coefficient (Wildman–Crippen LogP) is 2.42. The number of hydrogen-bond acceptors (Lipinski definition) is 5. The van der Waals surface area contributed by atoms with E-state index in [1.54, 1.807) is 6.92 Å². The Hall–Kier alpha value is -2.83. The van der Waals surface area contributed by atoms with E-state index < -0.39 is 12.1 Å². The van der Waals surface area contributed by atoms with Crippen LogP contribution in [-0.2, 0) is 11.3 Å². The summed E-state index contributed by atoms with van der Waals surface area (Å²) < 4.78 is 10.6. The Bertz CT molecular complexity index is 719. The lowest BCUT2D eigenvalue weighted by atomic mass is 10.0. The molecule has 23 heavy (non-hydrogen) atoms. The van der Waals surface area contributed by atoms with Crippen LogP contribution in [0, 0.1) is 6.92 Å². The third-order valence-electron chi connectivity index (χ3n) is 3.71. The van der Waals surface area contributed by atoms with Gasteiger partial charge in [0.1, 0.15) is 12.4 Å². The number of likely N-dealkylation sites (tertiary alicyclic amines) is 1. The molecule has 0 saturated carbocycles. The molecule has 1 aliphatic heterocycles. The maximum atomic E-state index is 11.9. The fourth-order valence-corrected chi connectivity index (χ4v) is 2.38. The van der Waals surface area contributed by atoms with Gasteiger partial charge in [-0.15, -0.1) is 0 Å². The lowest BCUT2D eigenvalue weighted by Gasteiger charge is -2.36. The number of nitrogens with zero attached hydrogens (tertiary/aromatic N) is 2. The predicted molar refractivity (Wildman–Crippen MR) is 79.1 cm³/mol. The molecule has 2 aromatic rings. The summed E-state index contributed by atoms with van der Waals surface area (Å²) in [6.45, 7) is 2.60. The number of hydrogen-bond donors (Lipinski definition) is 1. The van der Waals surface area contributed by atoms with Gasteiger partial charge in [0.2, 0.25) is 5.89 Å². The molecule has 7 nitrogen and oxygen atoms in total. The highest BCUT2D eigenvalue weighted by atomic mass is 16.6. The summed E-state index contributed by atoms with van der Waals surface area (Å²) in [7, 11) is 0. The average molecular weight is 316 g/mol. The number of oxazole rings is 1. The lowest BCUT2D eigenvalue weighted by Crippen LogP contribution is -2.48. The van der Waals surface area contributed by atoms with Gasteiger partial charge in [-0.25, -0.2) is 14.6 Å². The second-order valence-corrected chi connectivity index (χ2v) is 5.40. The quantitative estimate of drug-likeness (QED) is 0.931. The first kappa shape index (κ1) is 15.1. The lowest BCUT2D eigenvalue weighted by molar-refractivity contribution is 0.0613. The molecule has 7 heteroatoms. The first-order chi connectivity index (χ1) is 11.0. The molecule has 1 fully saturated rings. The smallest absolute Gasteiger partial charge is 0.410 e. The first-order valence-electron chi connectivity index (χ1n) is 7.21. The maximum Gasteiger partial charge on any atom is 0.410 e. The molecule has 1 N–H and O–H groups in total. The van der Waals surface area contributed by atoms with Gasteiger partial charge in [0.15, 0.2) is 5.69 Å². The van der Waals surface area contributed by atoms with Gasteiger partial charge < -0.3 is 19.2 Å². The molecule has 2 heterocycles. The molecule has 0 radical (unpaired) electrons. The van der Waals surface area contributed by atoms with E-state index in [0.717, 1.165) is 5.56 Å². The van der Waals surface area contributed by atoms with Crippen molar-refractivity contribution in [3.8, 4) is 0 Å². The van der Waals surface area contributed by atoms with Crippen molar-refractivity contribution in [2.75, 3.05) is 13.1 Å². The molecular weight excluding hydrogens is 300 g/mol. The van der Waals surface area contributed by atoms with Crippen LogP contribution in [0.5, 0.6) is 0 Å². The second kappa shape index (κ2) is 6.12. The monoisotopic (exact) mass is 316 g/mol. The molecule has 3 rings (SSSR count). The fraction of sp³-hybridized carbons (Fsp3) is 0.312. The highest BCUT2D eigenvalue weighted by Crippen LogP contribution is 2.28. The molecule has 0 atom stereocenters. The minimum atomic E-state index is -1.11. The van der Waals surface area contributed by atoms with Crippen LogP contribution < -0.4 is 0 Å². The van der Waals surface area contributed by atoms with E-state index in [2.05, 4.69) is 4.98 Å². The molecular formula is C16H16N2O5. The van der Waals surface area contributed by atoms with Crippen LogP contribution in [0.25, 0.3) is 0 Å². The zero-order valence-corrected chi connectivity index (χ0v) is 12.6. The molecule has 1 aromatic heterocycles. The number of carbonyl (C=O) groups excluding carboxylic acids is 1. The van der Waals surface area contributed by atoms with Gasteiger partial charge in [0, 0.05) is 13.1 Å². The molecule has 1 aromatic carbocycles. The van der Waals surface area contributed by atoms with Gasteiger partial charge in [-0.05, 0) is 12.5 Å². The number of aromatic carboxylic acids is 1. The van der Waals surface area contributed by atoms with Crippen LogP contribution in [-0.4, -0.2) is 40.1 Å². The summed E-state index contributed by atoms with van der Waals surface area (Å²) in [6.07, 6.45) is -0.396. The van der Waals surface area contributed by atoms with Crippen molar-refractivity contribution < 1.29 is 23.8 Å². The standard InChI is InChI=1S/C16H16N2O5/c1-10-13(15(19)20)17-14(23-10)12-7-18(8-12)16(21)22-9-11-5-3-2-4-6-11/h2-6,12H,7-9H2,1H3,(H,19,20). The minimum Gasteiger partial charge on any atom is -0.476 e. The van der Waals surface area contributed by atoms with Crippen molar-refractivity contribution in [2.24, 2.45) is 0 Å². The molecule has 1 aliphatic rings. The van der Waals surface area contributed by atoms with Gasteiger partial charge in [0.25, 0.3) is 0 Å². The Morgan fingerprint density at radius 3 is 2.65 bits per heavy atom. The number of ether oxygens (including phenoxy) is 1. The van der Waals surface area contributed by atoms with E-state index >= 15 is 0 Å². The van der Waals surface area contributed by atoms with Crippen LogP contribution >= 0.6 is 0 Å². The zero-order valence-electron chi connectivity index (χ0n) is 12.6. The van der Waals surface area contributed by atoms with Crippen molar-refractivity contribution >= 4 is 12.1 Å². The van der Waals surface area contributed by atoms with Crippen LogP contribution in [0.3, 0.4) is 0 Å². The Kier molecular flexibility index (Phi) is 4.01. The SMILES string of the molecule is Cc1oc(C2CN(C(=O)OCc3ccccc3)C2)nc1C(=O)O. The molecule has 0 spiro atoms. The highest BCUT2D eigenvalue weighted by Gasteiger charge is 2.36. The van der Waals surface area contributed by atoms with Crippen molar-refractivity contribution in [2.45, 2.75) is 19.4 Å². The van der Waals surface area contributed by atoms with Gasteiger partial charge in [-0.2, -0.15) is 0 Å². The van der Waals surface area contributed by atoms with E-state index in [9.17, 15) is 9.59 Å². The van der Waals surface area contributed by atoms with E-state index in [1.165, 1.54) is 4.90 Å². The maximum absolute atomic E-state index is 11.9. The number of carboxylic acids is 1. The summed E-state index contributed by atoms with van der Waals surface area (Å²) in [5.74, 6) is -0.577. The zero-order chi connectivity index (χ0) is 16.4. The first-order valence-corrected chi connectivity index (χ1v) is 7.21. The number of benzene rings is 1. The van der Waals surface area contributed by atoms with Crippen molar-refractivity contribution in [3.63, 3.8) is 0 Å². The topological polar surface area (TPSA) is 92.9 Å². The number of carboxylic acid groups (broad SMARTS) is 1. The summed E-state index contributed by atoms with van der Waals surface area (Å²) in [5.41, 5.74) is 0.845. The van der Waals surface area contributed by atoms with Gasteiger partial charge in [-0.3, -0.25) is 0 Å². The minimum absolute atomic E-state index is 0.0786. The summed E-state index contributed by atoms with van der Waals surface area (Å²) in [5, 5.41) is 8.96. The van der Waals surface area contributed by atoms with Crippen molar-refractivity contribution in [1.82, 2.24) is 9.88 Å². The van der Waals surface area contributed by atoms with Gasteiger partial charge in [-0.1, -0.05) is 30.3 Å². The van der Waals surface area contributed by atoms with Gasteiger partial charge >= 0.3 is 12.1 Å². The number of aryl methyl sites for hydroxylation is 1. The Labute approximate surface area is 132 Å². The molecule has 0 bridgehead atoms. The van der Waals surface area contributed by atoms with E-state index in [-0.39, 0.29) is 24.0 Å². The summed E-state index contributed by atoms with van der Waals surface area (Å²) in [6, 6.07) is 9.43. The number of rotatable bonds is 4. The summed E-state index contributed by atoms with van der Waals surface area (Å²) >= 11 is 0. The van der Waals surface area contributed by atoms with Crippen molar-refractivity contribution in [3.05, 3.63) is 53.2 Å². The highest BCUT2D eigenvalue weighted by molar-refractivity contribution is 5.86. The van der Waals surface area contributed by atoms with Crippen LogP contribution in [0.2, 0.25) is 0 Å². The number of carbonyl (C=O) groups is 2. The molecule has 120 valence electrons. The largest absolute Gasteiger partial charge is 0.476 e. The van der Waals surface area contributed by atoms with Gasteiger partial charge in [0.05, 0.1) is 5.92 Å². The third kappa shape index (κ3) is 3.18. The van der Waals surface area contributed by atoms with Crippen LogP contribution in [0.1, 0.15) is 33.6 Å². The van der Waals surface area contributed by atoms with Crippen molar-refractivity contribution in [1.29, 1.82) is 0 Å². The van der Waals surface area contributed by atoms with Crippen LogP contribution in [0.4, 0.5) is 4.79 Å². The molecule has 0 aliphatic carbocycles. The molecule has 1 saturated heterocycles. The third-order valence-corrected chi connectivity index (χ3v) is 3.71. The fourth-order valence-electron chi connectivity index (χ4n) is 2.38. The summed E-state index contributed by atoms with van der Waals surface area (Å²) in [4.78, 5) is 28.4. The molecule has 0 unspecified atom stereocenters. The Balaban J connectivity index is 1.51. The average Bonchev–Trinajstić information content (AvgIpc) is 2.86. The normalized spacial score (nSPS) is 14.4. The number of aromatic nitrogens is 1. The van der Waals surface area contributed by atoms with E-state index in [0.29, 0.717) is 19.0 Å². The number of amides is 1.